The number of rotatable bonds is 3. The van der Waals surface area contributed by atoms with Gasteiger partial charge in [0.2, 0.25) is 5.95 Å². The molecule has 2 aromatic rings. The minimum Gasteiger partial charge on any atom is -0.357 e. The molecule has 0 atom stereocenters. The first-order valence-corrected chi connectivity index (χ1v) is 5.03. The van der Waals surface area contributed by atoms with Gasteiger partial charge in [0.05, 0.1) is 11.9 Å². The summed E-state index contributed by atoms with van der Waals surface area (Å²) in [6.45, 7) is 0. The maximum absolute atomic E-state index is 13.4. The van der Waals surface area contributed by atoms with E-state index in [2.05, 4.69) is 20.6 Å². The maximum Gasteiger partial charge on any atom is 0.224 e. The van der Waals surface area contributed by atoms with E-state index in [-0.39, 0.29) is 17.5 Å². The second-order valence-corrected chi connectivity index (χ2v) is 3.37. The minimum absolute atomic E-state index is 0.163. The number of hydrogen-bond donors (Lipinski definition) is 2. The first-order chi connectivity index (χ1) is 8.61. The Kier molecular flexibility index (Phi) is 3.31. The van der Waals surface area contributed by atoms with Gasteiger partial charge >= 0.3 is 0 Å². The van der Waals surface area contributed by atoms with Crippen LogP contribution in [0, 0.1) is 17.5 Å². The van der Waals surface area contributed by atoms with Crippen molar-refractivity contribution < 1.29 is 13.2 Å². The van der Waals surface area contributed by atoms with E-state index >= 15 is 0 Å². The van der Waals surface area contributed by atoms with E-state index < -0.39 is 17.5 Å². The standard InChI is InChI=1S/C11H9F3N4/c1-15-11-16-5-7(13)10(18-11)17-8-4-2-3-6(12)9(8)14/h2-5H,1H3,(H2,15,16,17,18). The lowest BCUT2D eigenvalue weighted by Gasteiger charge is -2.08. The molecule has 0 unspecified atom stereocenters. The van der Waals surface area contributed by atoms with Gasteiger partial charge in [0.1, 0.15) is 0 Å². The summed E-state index contributed by atoms with van der Waals surface area (Å²) in [7, 11) is 1.56. The Morgan fingerprint density at radius 2 is 1.89 bits per heavy atom. The van der Waals surface area contributed by atoms with Gasteiger partial charge in [0, 0.05) is 7.05 Å². The van der Waals surface area contributed by atoms with Gasteiger partial charge in [-0.1, -0.05) is 6.07 Å². The van der Waals surface area contributed by atoms with Crippen molar-refractivity contribution in [3.8, 4) is 0 Å². The SMILES string of the molecule is CNc1ncc(F)c(Nc2cccc(F)c2F)n1. The molecule has 7 heteroatoms. The summed E-state index contributed by atoms with van der Waals surface area (Å²) in [5, 5.41) is 4.98. The zero-order valence-corrected chi connectivity index (χ0v) is 9.34. The summed E-state index contributed by atoms with van der Waals surface area (Å²) in [5.41, 5.74) is -0.199. The van der Waals surface area contributed by atoms with Gasteiger partial charge < -0.3 is 10.6 Å². The van der Waals surface area contributed by atoms with Crippen LogP contribution in [0.4, 0.5) is 30.6 Å². The molecule has 1 aromatic heterocycles. The van der Waals surface area contributed by atoms with Crippen LogP contribution in [0.15, 0.2) is 24.4 Å². The topological polar surface area (TPSA) is 49.8 Å². The van der Waals surface area contributed by atoms with Crippen LogP contribution in [-0.4, -0.2) is 17.0 Å². The van der Waals surface area contributed by atoms with E-state index in [1.807, 2.05) is 0 Å². The van der Waals surface area contributed by atoms with Crippen molar-refractivity contribution in [3.05, 3.63) is 41.8 Å². The second kappa shape index (κ2) is 4.91. The van der Waals surface area contributed by atoms with Crippen molar-refractivity contribution >= 4 is 17.5 Å². The third-order valence-electron chi connectivity index (χ3n) is 2.17. The van der Waals surface area contributed by atoms with Crippen molar-refractivity contribution in [1.82, 2.24) is 9.97 Å². The van der Waals surface area contributed by atoms with Crippen LogP contribution in [0.1, 0.15) is 0 Å². The van der Waals surface area contributed by atoms with Crippen LogP contribution < -0.4 is 10.6 Å². The Labute approximate surface area is 101 Å². The first kappa shape index (κ1) is 12.2. The second-order valence-electron chi connectivity index (χ2n) is 3.37. The fourth-order valence-electron chi connectivity index (χ4n) is 1.30. The highest BCUT2D eigenvalue weighted by Crippen LogP contribution is 2.22. The van der Waals surface area contributed by atoms with Gasteiger partial charge in [-0.25, -0.2) is 18.2 Å². The molecule has 94 valence electrons. The molecular formula is C11H9F3N4. The van der Waals surface area contributed by atoms with Gasteiger partial charge in [0.15, 0.2) is 23.3 Å². The van der Waals surface area contributed by atoms with Gasteiger partial charge in [0.25, 0.3) is 0 Å². The summed E-state index contributed by atoms with van der Waals surface area (Å²) in [6.07, 6.45) is 0.929. The fourth-order valence-corrected chi connectivity index (χ4v) is 1.30. The van der Waals surface area contributed by atoms with E-state index in [4.69, 9.17) is 0 Å². The van der Waals surface area contributed by atoms with Gasteiger partial charge in [-0.2, -0.15) is 4.98 Å². The highest BCUT2D eigenvalue weighted by atomic mass is 19.2. The summed E-state index contributed by atoms with van der Waals surface area (Å²) < 4.78 is 39.7. The highest BCUT2D eigenvalue weighted by Gasteiger charge is 2.11. The predicted octanol–water partition coefficient (Wildman–Crippen LogP) is 2.68. The Morgan fingerprint density at radius 1 is 1.11 bits per heavy atom. The van der Waals surface area contributed by atoms with Crippen LogP contribution in [0.5, 0.6) is 0 Å². The first-order valence-electron chi connectivity index (χ1n) is 5.03. The average molecular weight is 254 g/mol. The molecule has 0 saturated carbocycles. The molecule has 2 rings (SSSR count). The Morgan fingerprint density at radius 3 is 2.61 bits per heavy atom. The molecule has 0 saturated heterocycles. The number of nitrogens with one attached hydrogen (secondary N) is 2. The smallest absolute Gasteiger partial charge is 0.224 e. The Hall–Kier alpha value is -2.31. The van der Waals surface area contributed by atoms with Gasteiger partial charge in [-0.3, -0.25) is 0 Å². The zero-order valence-electron chi connectivity index (χ0n) is 9.34. The number of nitrogens with zero attached hydrogens (tertiary/aromatic N) is 2. The predicted molar refractivity (Wildman–Crippen MR) is 61.2 cm³/mol. The van der Waals surface area contributed by atoms with Crippen molar-refractivity contribution in [3.63, 3.8) is 0 Å². The van der Waals surface area contributed by atoms with E-state index in [9.17, 15) is 13.2 Å². The summed E-state index contributed by atoms with van der Waals surface area (Å²) in [5.74, 6) is -2.96. The lowest BCUT2D eigenvalue weighted by Crippen LogP contribution is -2.04. The molecule has 1 aromatic carbocycles. The molecule has 0 aliphatic rings. The van der Waals surface area contributed by atoms with Crippen molar-refractivity contribution in [2.45, 2.75) is 0 Å². The molecule has 4 nitrogen and oxygen atoms in total. The number of hydrogen-bond acceptors (Lipinski definition) is 4. The van der Waals surface area contributed by atoms with Crippen molar-refractivity contribution in [2.24, 2.45) is 0 Å². The molecule has 0 fully saturated rings. The molecule has 0 amide bonds. The third kappa shape index (κ3) is 2.34. The summed E-state index contributed by atoms with van der Waals surface area (Å²) in [6, 6.07) is 3.55. The van der Waals surface area contributed by atoms with E-state index in [0.717, 1.165) is 12.3 Å². The monoisotopic (exact) mass is 254 g/mol. The number of anilines is 3. The number of aromatic nitrogens is 2. The van der Waals surface area contributed by atoms with Gasteiger partial charge in [-0.05, 0) is 12.1 Å². The molecular weight excluding hydrogens is 245 g/mol. The highest BCUT2D eigenvalue weighted by molar-refractivity contribution is 5.58. The molecule has 2 N–H and O–H groups in total. The van der Waals surface area contributed by atoms with Gasteiger partial charge in [-0.15, -0.1) is 0 Å². The number of halogens is 3. The molecule has 0 aliphatic heterocycles. The van der Waals surface area contributed by atoms with E-state index in [0.29, 0.717) is 0 Å². The Bertz CT molecular complexity index is 574. The molecule has 0 bridgehead atoms. The lowest BCUT2D eigenvalue weighted by molar-refractivity contribution is 0.511. The minimum atomic E-state index is -1.10. The molecule has 0 spiro atoms. The average Bonchev–Trinajstić information content (AvgIpc) is 2.37. The number of benzene rings is 1. The lowest BCUT2D eigenvalue weighted by atomic mass is 10.3. The van der Waals surface area contributed by atoms with Crippen molar-refractivity contribution in [1.29, 1.82) is 0 Å². The molecule has 1 heterocycles. The van der Waals surface area contributed by atoms with Crippen LogP contribution in [-0.2, 0) is 0 Å². The largest absolute Gasteiger partial charge is 0.357 e. The van der Waals surface area contributed by atoms with E-state index in [1.165, 1.54) is 12.1 Å². The normalized spacial score (nSPS) is 10.2. The quantitative estimate of drug-likeness (QED) is 0.884. The summed E-state index contributed by atoms with van der Waals surface area (Å²) >= 11 is 0. The van der Waals surface area contributed by atoms with Crippen LogP contribution in [0.3, 0.4) is 0 Å². The molecule has 0 aliphatic carbocycles. The Balaban J connectivity index is 2.36. The zero-order chi connectivity index (χ0) is 13.1. The molecule has 18 heavy (non-hydrogen) atoms. The van der Waals surface area contributed by atoms with Crippen LogP contribution in [0.2, 0.25) is 0 Å². The van der Waals surface area contributed by atoms with Crippen LogP contribution in [0.25, 0.3) is 0 Å². The van der Waals surface area contributed by atoms with Crippen LogP contribution >= 0.6 is 0 Å². The maximum atomic E-state index is 13.4. The molecule has 0 radical (unpaired) electrons. The fraction of sp³-hybridized carbons (Fsp3) is 0.0909. The third-order valence-corrected chi connectivity index (χ3v) is 2.17. The van der Waals surface area contributed by atoms with Crippen molar-refractivity contribution in [2.75, 3.05) is 17.7 Å². The van der Waals surface area contributed by atoms with E-state index in [1.54, 1.807) is 7.05 Å². The summed E-state index contributed by atoms with van der Waals surface area (Å²) in [4.78, 5) is 7.39.